The van der Waals surface area contributed by atoms with Gasteiger partial charge in [-0.1, -0.05) is 12.1 Å². The highest BCUT2D eigenvalue weighted by atomic mass is 19.4. The second-order valence-electron chi connectivity index (χ2n) is 9.22. The summed E-state index contributed by atoms with van der Waals surface area (Å²) in [5.41, 5.74) is -6.52. The van der Waals surface area contributed by atoms with Gasteiger partial charge in [0, 0.05) is 13.2 Å². The zero-order chi connectivity index (χ0) is 26.0. The van der Waals surface area contributed by atoms with Crippen molar-refractivity contribution in [3.63, 3.8) is 0 Å². The molecule has 37 heavy (non-hydrogen) atoms. The van der Waals surface area contributed by atoms with Crippen molar-refractivity contribution in [2.24, 2.45) is 0 Å². The van der Waals surface area contributed by atoms with Crippen molar-refractivity contribution in [2.75, 3.05) is 13.2 Å². The van der Waals surface area contributed by atoms with E-state index in [-0.39, 0.29) is 34.0 Å². The van der Waals surface area contributed by atoms with E-state index in [1.807, 2.05) is 0 Å². The van der Waals surface area contributed by atoms with Crippen LogP contribution in [0.25, 0.3) is 22.2 Å². The average molecular weight is 526 g/mol. The van der Waals surface area contributed by atoms with Crippen LogP contribution in [0.4, 0.5) is 26.3 Å². The molecule has 0 amide bonds. The third kappa shape index (κ3) is 3.80. The maximum atomic E-state index is 14.7. The Labute approximate surface area is 205 Å². The quantitative estimate of drug-likeness (QED) is 0.265. The number of aromatic nitrogens is 2. The van der Waals surface area contributed by atoms with Crippen LogP contribution in [0.1, 0.15) is 60.8 Å². The Bertz CT molecular complexity index is 1340. The molecule has 2 aliphatic rings. The summed E-state index contributed by atoms with van der Waals surface area (Å²) in [6.07, 6.45) is -9.79. The van der Waals surface area contributed by atoms with E-state index in [2.05, 4.69) is 9.97 Å². The summed E-state index contributed by atoms with van der Waals surface area (Å²) in [4.78, 5) is 8.31. The first kappa shape index (κ1) is 24.2. The fourth-order valence-electron chi connectivity index (χ4n) is 5.16. The van der Waals surface area contributed by atoms with Gasteiger partial charge in [-0.05, 0) is 61.1 Å². The summed E-state index contributed by atoms with van der Waals surface area (Å²) in [7, 11) is 0. The van der Waals surface area contributed by atoms with Gasteiger partial charge in [0.05, 0.1) is 0 Å². The molecule has 0 saturated carbocycles. The number of hydrogen-bond donors (Lipinski definition) is 0. The average Bonchev–Trinajstić information content (AvgIpc) is 3.63. The Hall–Kier alpha value is -3.12. The molecule has 0 N–H and O–H groups in total. The van der Waals surface area contributed by atoms with E-state index >= 15 is 0 Å². The molecule has 2 aromatic heterocycles. The molecule has 4 heterocycles. The molecule has 2 atom stereocenters. The van der Waals surface area contributed by atoms with Crippen molar-refractivity contribution in [1.29, 1.82) is 0 Å². The third-order valence-electron chi connectivity index (χ3n) is 6.93. The number of oxazole rings is 2. The maximum absolute atomic E-state index is 14.7. The number of ether oxygens (including phenoxy) is 2. The predicted molar refractivity (Wildman–Crippen MR) is 117 cm³/mol. The summed E-state index contributed by atoms with van der Waals surface area (Å²) < 4.78 is 110. The van der Waals surface area contributed by atoms with Crippen LogP contribution in [0.5, 0.6) is 0 Å². The van der Waals surface area contributed by atoms with Crippen molar-refractivity contribution in [3.05, 3.63) is 59.3 Å². The molecule has 0 spiro atoms. The Morgan fingerprint density at radius 2 is 1.08 bits per heavy atom. The molecular weight excluding hydrogens is 506 g/mol. The van der Waals surface area contributed by atoms with Gasteiger partial charge in [0.1, 0.15) is 23.2 Å². The Kier molecular flexibility index (Phi) is 5.53. The van der Waals surface area contributed by atoms with Crippen molar-refractivity contribution in [2.45, 2.75) is 55.7 Å². The topological polar surface area (TPSA) is 70.5 Å². The van der Waals surface area contributed by atoms with Crippen molar-refractivity contribution in [1.82, 2.24) is 9.97 Å². The molecule has 196 valence electrons. The van der Waals surface area contributed by atoms with Gasteiger partial charge in [-0.15, -0.1) is 0 Å². The zero-order valence-corrected chi connectivity index (χ0v) is 19.2. The molecule has 4 aromatic rings. The van der Waals surface area contributed by atoms with Crippen LogP contribution < -0.4 is 0 Å². The Morgan fingerprint density at radius 3 is 1.43 bits per heavy atom. The number of nitrogens with zero attached hydrogens (tertiary/aromatic N) is 2. The first-order valence-corrected chi connectivity index (χ1v) is 11.8. The van der Waals surface area contributed by atoms with E-state index in [0.717, 1.165) is 49.2 Å². The minimum atomic E-state index is -5.76. The molecule has 2 fully saturated rings. The number of fused-ring (bicyclic) bond motifs is 2. The van der Waals surface area contributed by atoms with Gasteiger partial charge < -0.3 is 18.3 Å². The van der Waals surface area contributed by atoms with Gasteiger partial charge in [-0.2, -0.15) is 26.3 Å². The summed E-state index contributed by atoms with van der Waals surface area (Å²) in [5.74, 6) is 0.250. The van der Waals surface area contributed by atoms with Crippen LogP contribution in [0.3, 0.4) is 0 Å². The van der Waals surface area contributed by atoms with Crippen molar-refractivity contribution in [3.8, 4) is 0 Å². The Balaban J connectivity index is 1.52. The third-order valence-corrected chi connectivity index (χ3v) is 6.93. The number of hydrogen-bond acceptors (Lipinski definition) is 6. The van der Waals surface area contributed by atoms with E-state index in [1.165, 1.54) is 0 Å². The van der Waals surface area contributed by atoms with Gasteiger partial charge >= 0.3 is 12.4 Å². The normalized spacial score (nSPS) is 21.5. The van der Waals surface area contributed by atoms with Gasteiger partial charge in [0.25, 0.3) is 0 Å². The van der Waals surface area contributed by atoms with Crippen molar-refractivity contribution < 1.29 is 44.7 Å². The molecule has 2 unspecified atom stereocenters. The summed E-state index contributed by atoms with van der Waals surface area (Å²) in [6, 6.07) is 5.27. The lowest BCUT2D eigenvalue weighted by Crippen LogP contribution is -2.54. The highest BCUT2D eigenvalue weighted by Crippen LogP contribution is 2.57. The van der Waals surface area contributed by atoms with E-state index in [4.69, 9.17) is 18.3 Å². The monoisotopic (exact) mass is 526 g/mol. The van der Waals surface area contributed by atoms with E-state index in [9.17, 15) is 26.3 Å². The molecule has 0 bridgehead atoms. The predicted octanol–water partition coefficient (Wildman–Crippen LogP) is 7.08. The molecular formula is C25H20F6N2O4. The summed E-state index contributed by atoms with van der Waals surface area (Å²) in [6.45, 7) is 0.942. The number of halogens is 6. The van der Waals surface area contributed by atoms with Gasteiger partial charge in [-0.3, -0.25) is 0 Å². The van der Waals surface area contributed by atoms with E-state index in [1.54, 1.807) is 0 Å². The molecule has 12 heteroatoms. The van der Waals surface area contributed by atoms with Gasteiger partial charge in [0.2, 0.25) is 17.2 Å². The zero-order valence-electron chi connectivity index (χ0n) is 19.2. The van der Waals surface area contributed by atoms with Crippen LogP contribution in [0, 0.1) is 0 Å². The smallest absolute Gasteiger partial charge is 0.411 e. The summed E-state index contributed by atoms with van der Waals surface area (Å²) in [5, 5.41) is 0. The van der Waals surface area contributed by atoms with Crippen LogP contribution in [0.15, 0.2) is 45.2 Å². The second-order valence-corrected chi connectivity index (χ2v) is 9.22. The van der Waals surface area contributed by atoms with Crippen LogP contribution in [0.2, 0.25) is 0 Å². The van der Waals surface area contributed by atoms with Gasteiger partial charge in [0.15, 0.2) is 11.2 Å². The van der Waals surface area contributed by atoms with Crippen molar-refractivity contribution >= 4 is 22.2 Å². The largest absolute Gasteiger partial charge is 0.438 e. The molecule has 0 radical (unpaired) electrons. The minimum Gasteiger partial charge on any atom is -0.438 e. The molecule has 6 rings (SSSR count). The lowest BCUT2D eigenvalue weighted by molar-refractivity contribution is -0.288. The maximum Gasteiger partial charge on any atom is 0.411 e. The van der Waals surface area contributed by atoms with E-state index < -0.39 is 41.1 Å². The SMILES string of the molecule is FC(F)(F)C(c1ccc2oc(C3CCCO3)nc2c1)(c1ccc2oc(C3CCCO3)nc2c1)C(F)(F)F. The molecule has 6 nitrogen and oxygen atoms in total. The second kappa shape index (κ2) is 8.45. The lowest BCUT2D eigenvalue weighted by atomic mass is 9.72. The first-order valence-electron chi connectivity index (χ1n) is 11.8. The van der Waals surface area contributed by atoms with E-state index in [0.29, 0.717) is 26.1 Å². The number of rotatable bonds is 4. The summed E-state index contributed by atoms with van der Waals surface area (Å²) >= 11 is 0. The minimum absolute atomic E-state index is 0.0701. The van der Waals surface area contributed by atoms with Gasteiger partial charge in [-0.25, -0.2) is 9.97 Å². The fraction of sp³-hybridized carbons (Fsp3) is 0.440. The Morgan fingerprint density at radius 1 is 0.649 bits per heavy atom. The first-order chi connectivity index (χ1) is 17.6. The fourth-order valence-corrected chi connectivity index (χ4v) is 5.16. The van der Waals surface area contributed by atoms with Crippen LogP contribution >= 0.6 is 0 Å². The molecule has 0 aliphatic carbocycles. The number of alkyl halides is 6. The van der Waals surface area contributed by atoms with Crippen LogP contribution in [-0.2, 0) is 14.9 Å². The molecule has 2 aromatic carbocycles. The standard InChI is InChI=1S/C25H20F6N2O4/c26-24(27,28)23(25(29,30)31,13-5-7-17-15(11-13)32-21(36-17)19-3-1-9-34-19)14-6-8-18-16(12-14)33-22(37-18)20-4-2-10-35-20/h5-8,11-12,19-20H,1-4,9-10H2. The molecule has 2 saturated heterocycles. The highest BCUT2D eigenvalue weighted by Gasteiger charge is 2.72. The molecule has 2 aliphatic heterocycles. The lowest BCUT2D eigenvalue weighted by Gasteiger charge is -2.38. The number of benzene rings is 2. The van der Waals surface area contributed by atoms with Crippen LogP contribution in [-0.4, -0.2) is 35.5 Å². The highest BCUT2D eigenvalue weighted by molar-refractivity contribution is 5.77.